The van der Waals surface area contributed by atoms with Crippen molar-refractivity contribution < 1.29 is 0 Å². The van der Waals surface area contributed by atoms with E-state index in [0.717, 1.165) is 6.54 Å². The molecule has 1 aromatic rings. The van der Waals surface area contributed by atoms with E-state index < -0.39 is 0 Å². The summed E-state index contributed by atoms with van der Waals surface area (Å²) in [5, 5.41) is 3.75. The van der Waals surface area contributed by atoms with Gasteiger partial charge in [0.2, 0.25) is 0 Å². The Balaban J connectivity index is 2.28. The quantitative estimate of drug-likeness (QED) is 0.490. The van der Waals surface area contributed by atoms with Crippen LogP contribution >= 0.6 is 11.6 Å². The molecule has 52 valence electrons. The van der Waals surface area contributed by atoms with Gasteiger partial charge in [-0.25, -0.2) is 4.98 Å². The number of hydrogen-bond donors (Lipinski definition) is 1. The molecule has 1 fully saturated rings. The number of nitrogens with one attached hydrogen (secondary N) is 1. The number of rotatable bonds is 1. The van der Waals surface area contributed by atoms with Gasteiger partial charge in [0.15, 0.2) is 0 Å². The lowest BCUT2D eigenvalue weighted by Gasteiger charge is -1.93. The Morgan fingerprint density at radius 3 is 2.90 bits per heavy atom. The molecule has 1 aliphatic heterocycles. The first-order chi connectivity index (χ1) is 4.86. The maximum absolute atomic E-state index is 5.61. The molecule has 1 saturated heterocycles. The lowest BCUT2D eigenvalue weighted by molar-refractivity contribution is 1.05. The van der Waals surface area contributed by atoms with Crippen LogP contribution < -0.4 is 5.32 Å². The van der Waals surface area contributed by atoms with Crippen LogP contribution in [0.1, 0.15) is 11.6 Å². The molecule has 1 aromatic heterocycles. The summed E-state index contributed by atoms with van der Waals surface area (Å²) in [4.78, 5) is 3.97. The van der Waals surface area contributed by atoms with Gasteiger partial charge in [0.05, 0.1) is 0 Å². The van der Waals surface area contributed by atoms with Crippen molar-refractivity contribution in [2.45, 2.75) is 6.04 Å². The number of halogens is 1. The van der Waals surface area contributed by atoms with Crippen molar-refractivity contribution >= 4 is 11.6 Å². The highest BCUT2D eigenvalue weighted by atomic mass is 35.5. The molecule has 0 unspecified atom stereocenters. The summed E-state index contributed by atoms with van der Waals surface area (Å²) in [6, 6.07) is 4.35. The summed E-state index contributed by atoms with van der Waals surface area (Å²) in [6.45, 7) is 1.07. The molecule has 10 heavy (non-hydrogen) atoms. The first-order valence-corrected chi connectivity index (χ1v) is 3.59. The largest absolute Gasteiger partial charge is 0.307 e. The van der Waals surface area contributed by atoms with Crippen molar-refractivity contribution in [1.82, 2.24) is 10.3 Å². The summed E-state index contributed by atoms with van der Waals surface area (Å²) in [5.41, 5.74) is 1.23. The monoisotopic (exact) mass is 154 g/mol. The SMILES string of the molecule is Clc1ccc([C@@H]2CN2)cn1. The standard InChI is InChI=1S/C7H7ClN2/c8-7-2-1-5(3-10-7)6-4-9-6/h1-3,6,9H,4H2/t6-/m0/s1. The highest BCUT2D eigenvalue weighted by Gasteiger charge is 2.21. The van der Waals surface area contributed by atoms with Gasteiger partial charge in [-0.15, -0.1) is 0 Å². The lowest BCUT2D eigenvalue weighted by atomic mass is 10.2. The zero-order valence-corrected chi connectivity index (χ0v) is 6.10. The van der Waals surface area contributed by atoms with Gasteiger partial charge in [0.25, 0.3) is 0 Å². The number of pyridine rings is 1. The molecule has 0 aliphatic carbocycles. The van der Waals surface area contributed by atoms with E-state index in [1.807, 2.05) is 18.3 Å². The van der Waals surface area contributed by atoms with Gasteiger partial charge in [-0.2, -0.15) is 0 Å². The summed E-state index contributed by atoms with van der Waals surface area (Å²) < 4.78 is 0. The zero-order valence-electron chi connectivity index (χ0n) is 5.34. The molecule has 1 atom stereocenters. The molecule has 0 aromatic carbocycles. The molecule has 2 rings (SSSR count). The van der Waals surface area contributed by atoms with Crippen LogP contribution in [0.4, 0.5) is 0 Å². The fourth-order valence-electron chi connectivity index (χ4n) is 0.888. The average Bonchev–Trinajstić information content (AvgIpc) is 2.71. The van der Waals surface area contributed by atoms with Crippen LogP contribution in [0.15, 0.2) is 18.3 Å². The number of hydrogen-bond acceptors (Lipinski definition) is 2. The minimum atomic E-state index is 0.532. The first kappa shape index (κ1) is 6.13. The number of nitrogens with zero attached hydrogens (tertiary/aromatic N) is 1. The predicted octanol–water partition coefficient (Wildman–Crippen LogP) is 1.38. The smallest absolute Gasteiger partial charge is 0.129 e. The fraction of sp³-hybridized carbons (Fsp3) is 0.286. The second-order valence-corrected chi connectivity index (χ2v) is 2.76. The van der Waals surface area contributed by atoms with E-state index in [1.165, 1.54) is 5.56 Å². The topological polar surface area (TPSA) is 34.8 Å². The van der Waals surface area contributed by atoms with Crippen molar-refractivity contribution in [3.05, 3.63) is 29.0 Å². The molecule has 2 heterocycles. The van der Waals surface area contributed by atoms with E-state index in [4.69, 9.17) is 11.6 Å². The van der Waals surface area contributed by atoms with E-state index in [9.17, 15) is 0 Å². The highest BCUT2D eigenvalue weighted by molar-refractivity contribution is 6.29. The summed E-state index contributed by atoms with van der Waals surface area (Å²) in [6.07, 6.45) is 1.81. The minimum Gasteiger partial charge on any atom is -0.307 e. The van der Waals surface area contributed by atoms with Gasteiger partial charge in [0.1, 0.15) is 5.15 Å². The van der Waals surface area contributed by atoms with Crippen LogP contribution in [0.2, 0.25) is 5.15 Å². The fourth-order valence-corrected chi connectivity index (χ4v) is 1.000. The molecule has 0 amide bonds. The van der Waals surface area contributed by atoms with Gasteiger partial charge in [-0.1, -0.05) is 17.7 Å². The minimum absolute atomic E-state index is 0.532. The second kappa shape index (κ2) is 2.22. The van der Waals surface area contributed by atoms with Crippen LogP contribution in [0, 0.1) is 0 Å². The third-order valence-corrected chi connectivity index (χ3v) is 1.78. The van der Waals surface area contributed by atoms with Crippen LogP contribution in [0.3, 0.4) is 0 Å². The van der Waals surface area contributed by atoms with Crippen LogP contribution in [0.5, 0.6) is 0 Å². The molecule has 0 spiro atoms. The first-order valence-electron chi connectivity index (χ1n) is 3.21. The van der Waals surface area contributed by atoms with Gasteiger partial charge < -0.3 is 5.32 Å². The average molecular weight is 155 g/mol. The van der Waals surface area contributed by atoms with Gasteiger partial charge in [-0.3, -0.25) is 0 Å². The van der Waals surface area contributed by atoms with E-state index in [-0.39, 0.29) is 0 Å². The lowest BCUT2D eigenvalue weighted by Crippen LogP contribution is -1.84. The molecule has 2 nitrogen and oxygen atoms in total. The summed E-state index contributed by atoms with van der Waals surface area (Å²) in [7, 11) is 0. The Kier molecular flexibility index (Phi) is 1.36. The van der Waals surface area contributed by atoms with E-state index in [2.05, 4.69) is 10.3 Å². The molecule has 1 N–H and O–H groups in total. The second-order valence-electron chi connectivity index (χ2n) is 2.38. The van der Waals surface area contributed by atoms with Crippen molar-refractivity contribution in [3.8, 4) is 0 Å². The van der Waals surface area contributed by atoms with Gasteiger partial charge in [-0.05, 0) is 11.6 Å². The molecular weight excluding hydrogens is 148 g/mol. The van der Waals surface area contributed by atoms with E-state index in [0.29, 0.717) is 11.2 Å². The summed E-state index contributed by atoms with van der Waals surface area (Å²) >= 11 is 5.61. The third-order valence-electron chi connectivity index (χ3n) is 1.56. The van der Waals surface area contributed by atoms with E-state index >= 15 is 0 Å². The van der Waals surface area contributed by atoms with Crippen molar-refractivity contribution in [3.63, 3.8) is 0 Å². The zero-order chi connectivity index (χ0) is 6.97. The maximum atomic E-state index is 5.61. The van der Waals surface area contributed by atoms with Crippen LogP contribution in [-0.2, 0) is 0 Å². The highest BCUT2D eigenvalue weighted by Crippen LogP contribution is 2.20. The Hall–Kier alpha value is -0.600. The molecule has 0 radical (unpaired) electrons. The normalized spacial score (nSPS) is 22.7. The Bertz CT molecular complexity index is 228. The Morgan fingerprint density at radius 1 is 1.60 bits per heavy atom. The van der Waals surface area contributed by atoms with Crippen molar-refractivity contribution in [1.29, 1.82) is 0 Å². The maximum Gasteiger partial charge on any atom is 0.129 e. The molecule has 3 heteroatoms. The predicted molar refractivity (Wildman–Crippen MR) is 40.0 cm³/mol. The number of aromatic nitrogens is 1. The van der Waals surface area contributed by atoms with Gasteiger partial charge in [0, 0.05) is 18.8 Å². The van der Waals surface area contributed by atoms with Crippen LogP contribution in [-0.4, -0.2) is 11.5 Å². The van der Waals surface area contributed by atoms with Crippen molar-refractivity contribution in [2.75, 3.05) is 6.54 Å². The van der Waals surface area contributed by atoms with Crippen molar-refractivity contribution in [2.24, 2.45) is 0 Å². The Morgan fingerprint density at radius 2 is 2.40 bits per heavy atom. The molecular formula is C7H7ClN2. The van der Waals surface area contributed by atoms with Gasteiger partial charge >= 0.3 is 0 Å². The van der Waals surface area contributed by atoms with Crippen LogP contribution in [0.25, 0.3) is 0 Å². The third kappa shape index (κ3) is 1.13. The molecule has 1 aliphatic rings. The summed E-state index contributed by atoms with van der Waals surface area (Å²) in [5.74, 6) is 0. The molecule has 0 saturated carbocycles. The Labute approximate surface area is 64.2 Å². The molecule has 0 bridgehead atoms. The van der Waals surface area contributed by atoms with E-state index in [1.54, 1.807) is 0 Å².